The van der Waals surface area contributed by atoms with E-state index in [0.29, 0.717) is 12.0 Å². The van der Waals surface area contributed by atoms with E-state index in [4.69, 9.17) is 5.11 Å². The highest BCUT2D eigenvalue weighted by Gasteiger charge is 2.42. The zero-order chi connectivity index (χ0) is 16.3. The molecule has 2 aliphatic rings. The fourth-order valence-corrected chi connectivity index (χ4v) is 3.41. The first-order valence-electron chi connectivity index (χ1n) is 6.95. The quantitative estimate of drug-likeness (QED) is 0.756. The number of hydrogen-bond donors (Lipinski definition) is 3. The number of amides is 1. The highest BCUT2D eigenvalue weighted by molar-refractivity contribution is 5.95. The number of carboxylic acids is 2. The van der Waals surface area contributed by atoms with Crippen molar-refractivity contribution in [3.63, 3.8) is 0 Å². The summed E-state index contributed by atoms with van der Waals surface area (Å²) in [6.45, 7) is 0. The highest BCUT2D eigenvalue weighted by atomic mass is 16.4. The fourth-order valence-electron chi connectivity index (χ4n) is 3.41. The molecule has 0 spiro atoms. The molecular weight excluding hydrogens is 302 g/mol. The summed E-state index contributed by atoms with van der Waals surface area (Å²) in [5.41, 5.74) is 1.41. The molecule has 116 valence electrons. The van der Waals surface area contributed by atoms with Crippen molar-refractivity contribution in [2.75, 3.05) is 0 Å². The lowest BCUT2D eigenvalue weighted by molar-refractivity contribution is 0.0682. The minimum Gasteiger partial charge on any atom is -0.478 e. The maximum absolute atomic E-state index is 12.2. The number of carbonyl (C=O) groups is 3. The zero-order valence-electron chi connectivity index (χ0n) is 11.7. The van der Waals surface area contributed by atoms with E-state index in [1.807, 2.05) is 0 Å². The van der Waals surface area contributed by atoms with E-state index in [2.05, 4.69) is 10.3 Å². The number of aromatic nitrogens is 2. The van der Waals surface area contributed by atoms with E-state index in [1.165, 1.54) is 12.3 Å². The number of aromatic carboxylic acids is 2. The maximum atomic E-state index is 12.2. The second kappa shape index (κ2) is 4.42. The van der Waals surface area contributed by atoms with Gasteiger partial charge in [-0.05, 0) is 23.6 Å². The first-order valence-corrected chi connectivity index (χ1v) is 6.95. The average molecular weight is 313 g/mol. The van der Waals surface area contributed by atoms with Crippen LogP contribution < -0.4 is 5.32 Å². The van der Waals surface area contributed by atoms with Crippen LogP contribution >= 0.6 is 0 Å². The molecule has 8 nitrogen and oxygen atoms in total. The summed E-state index contributed by atoms with van der Waals surface area (Å²) < 4.78 is 1.54. The molecule has 1 amide bonds. The highest BCUT2D eigenvalue weighted by Crippen LogP contribution is 2.43. The van der Waals surface area contributed by atoms with Crippen molar-refractivity contribution in [1.29, 1.82) is 0 Å². The summed E-state index contributed by atoms with van der Waals surface area (Å²) in [6, 6.07) is 4.28. The third-order valence-corrected chi connectivity index (χ3v) is 4.37. The number of carboxylic acid groups (broad SMARTS) is 2. The van der Waals surface area contributed by atoms with Crippen LogP contribution in [0.25, 0.3) is 0 Å². The van der Waals surface area contributed by atoms with E-state index < -0.39 is 17.8 Å². The largest absolute Gasteiger partial charge is 0.478 e. The lowest BCUT2D eigenvalue weighted by Crippen LogP contribution is -2.40. The molecule has 0 radical (unpaired) electrons. The second-order valence-electron chi connectivity index (χ2n) is 5.56. The van der Waals surface area contributed by atoms with Gasteiger partial charge in [0.2, 0.25) is 0 Å². The van der Waals surface area contributed by atoms with E-state index >= 15 is 0 Å². The van der Waals surface area contributed by atoms with Crippen molar-refractivity contribution in [2.45, 2.75) is 18.5 Å². The smallest absolute Gasteiger partial charge is 0.356 e. The predicted molar refractivity (Wildman–Crippen MR) is 75.5 cm³/mol. The minimum atomic E-state index is -1.21. The number of hydrogen-bond acceptors (Lipinski definition) is 4. The van der Waals surface area contributed by atoms with Crippen molar-refractivity contribution in [3.05, 3.63) is 52.6 Å². The third-order valence-electron chi connectivity index (χ3n) is 4.37. The predicted octanol–water partition coefficient (Wildman–Crippen LogP) is 0.861. The van der Waals surface area contributed by atoms with Gasteiger partial charge >= 0.3 is 11.9 Å². The van der Waals surface area contributed by atoms with Crippen LogP contribution in [0.15, 0.2) is 24.4 Å². The van der Waals surface area contributed by atoms with Crippen molar-refractivity contribution in [1.82, 2.24) is 14.9 Å². The molecule has 1 aromatic carbocycles. The Morgan fingerprint density at radius 2 is 2.04 bits per heavy atom. The first kappa shape index (κ1) is 13.5. The Bertz CT molecular complexity index is 885. The number of nitrogens with one attached hydrogen (secondary N) is 1. The summed E-state index contributed by atoms with van der Waals surface area (Å²) in [5.74, 6) is -2.66. The van der Waals surface area contributed by atoms with Gasteiger partial charge < -0.3 is 20.1 Å². The summed E-state index contributed by atoms with van der Waals surface area (Å²) >= 11 is 0. The molecule has 1 aromatic heterocycles. The number of benzene rings is 1. The number of nitrogens with zero attached hydrogens (tertiary/aromatic N) is 2. The Morgan fingerprint density at radius 1 is 1.26 bits per heavy atom. The van der Waals surface area contributed by atoms with Gasteiger partial charge in [0.1, 0.15) is 0 Å². The van der Waals surface area contributed by atoms with Crippen LogP contribution in [0, 0.1) is 0 Å². The Kier molecular flexibility index (Phi) is 2.59. The molecule has 1 aliphatic heterocycles. The molecule has 0 saturated heterocycles. The Labute approximate surface area is 129 Å². The number of fused-ring (bicyclic) bond motifs is 5. The standard InChI is InChI=1S/C15H11N3O5/c19-13-12-16-9(15(22)23)5-18(12)10-4-8-6(11(10)17-13)2-1-3-7(8)14(20)21/h1-3,5,10-11H,4H2,(H,17,19)(H,20,21)(H,22,23). The van der Waals surface area contributed by atoms with Gasteiger partial charge in [0.25, 0.3) is 5.91 Å². The van der Waals surface area contributed by atoms with Gasteiger partial charge in [0.05, 0.1) is 17.6 Å². The Balaban J connectivity index is 1.86. The molecule has 23 heavy (non-hydrogen) atoms. The van der Waals surface area contributed by atoms with Gasteiger partial charge in [-0.15, -0.1) is 0 Å². The summed E-state index contributed by atoms with van der Waals surface area (Å²) in [5, 5.41) is 21.2. The van der Waals surface area contributed by atoms with E-state index in [0.717, 1.165) is 5.56 Å². The molecule has 0 saturated carbocycles. The molecule has 0 fully saturated rings. The van der Waals surface area contributed by atoms with E-state index in [1.54, 1.807) is 16.7 Å². The second-order valence-corrected chi connectivity index (χ2v) is 5.56. The van der Waals surface area contributed by atoms with E-state index in [9.17, 15) is 19.5 Å². The molecule has 3 N–H and O–H groups in total. The number of imidazole rings is 1. The van der Waals surface area contributed by atoms with E-state index in [-0.39, 0.29) is 29.2 Å². The fraction of sp³-hybridized carbons (Fsp3) is 0.200. The molecule has 0 bridgehead atoms. The van der Waals surface area contributed by atoms with Crippen LogP contribution in [0.5, 0.6) is 0 Å². The van der Waals surface area contributed by atoms with Crippen molar-refractivity contribution in [3.8, 4) is 0 Å². The Morgan fingerprint density at radius 3 is 2.74 bits per heavy atom. The minimum absolute atomic E-state index is 0.0355. The van der Waals surface area contributed by atoms with Gasteiger partial charge in [0.15, 0.2) is 11.5 Å². The molecule has 1 aliphatic carbocycles. The Hall–Kier alpha value is -3.16. The lowest BCUT2D eigenvalue weighted by atomic mass is 10.0. The van der Waals surface area contributed by atoms with Gasteiger partial charge in [-0.3, -0.25) is 4.79 Å². The normalized spacial score (nSPS) is 21.1. The van der Waals surface area contributed by atoms with Gasteiger partial charge in [-0.25, -0.2) is 14.6 Å². The summed E-state index contributed by atoms with van der Waals surface area (Å²) in [6.07, 6.45) is 1.73. The van der Waals surface area contributed by atoms with Gasteiger partial charge in [-0.2, -0.15) is 0 Å². The van der Waals surface area contributed by atoms with Crippen molar-refractivity contribution < 1.29 is 24.6 Å². The van der Waals surface area contributed by atoms with Crippen molar-refractivity contribution >= 4 is 17.8 Å². The summed E-state index contributed by atoms with van der Waals surface area (Å²) in [4.78, 5) is 38.5. The molecule has 2 aromatic rings. The topological polar surface area (TPSA) is 122 Å². The lowest BCUT2D eigenvalue weighted by Gasteiger charge is -2.28. The summed E-state index contributed by atoms with van der Waals surface area (Å²) in [7, 11) is 0. The van der Waals surface area contributed by atoms with Crippen LogP contribution in [0.4, 0.5) is 0 Å². The molecule has 2 unspecified atom stereocenters. The van der Waals surface area contributed by atoms with Crippen molar-refractivity contribution in [2.24, 2.45) is 0 Å². The maximum Gasteiger partial charge on any atom is 0.356 e. The van der Waals surface area contributed by atoms with Crippen LogP contribution in [0.2, 0.25) is 0 Å². The SMILES string of the molecule is O=C(O)c1cn2c(n1)C(=O)NC1c3cccc(C(=O)O)c3CC12. The molecule has 8 heteroatoms. The molecule has 2 atom stereocenters. The van der Waals surface area contributed by atoms with Crippen LogP contribution in [0.1, 0.15) is 54.7 Å². The number of carbonyl (C=O) groups excluding carboxylic acids is 1. The van der Waals surface area contributed by atoms with Crippen LogP contribution in [0.3, 0.4) is 0 Å². The molecule has 2 heterocycles. The number of rotatable bonds is 2. The third kappa shape index (κ3) is 1.78. The van der Waals surface area contributed by atoms with Gasteiger partial charge in [0, 0.05) is 6.20 Å². The molecule has 4 rings (SSSR count). The zero-order valence-corrected chi connectivity index (χ0v) is 11.7. The average Bonchev–Trinajstić information content (AvgIpc) is 3.09. The molecular formula is C15H11N3O5. The van der Waals surface area contributed by atoms with Crippen LogP contribution in [-0.2, 0) is 6.42 Å². The first-order chi connectivity index (χ1) is 11.0. The monoisotopic (exact) mass is 313 g/mol. The van der Waals surface area contributed by atoms with Gasteiger partial charge in [-0.1, -0.05) is 12.1 Å². The van der Waals surface area contributed by atoms with Crippen LogP contribution in [-0.4, -0.2) is 37.6 Å².